The lowest BCUT2D eigenvalue weighted by atomic mass is 10.3. The Morgan fingerprint density at radius 3 is 2.20 bits per heavy atom. The van der Waals surface area contributed by atoms with E-state index >= 15 is 0 Å². The van der Waals surface area contributed by atoms with Gasteiger partial charge in [0, 0.05) is 13.1 Å². The molecule has 2 rings (SSSR count). The zero-order chi connectivity index (χ0) is 6.81. The highest BCUT2D eigenvalue weighted by Gasteiger charge is 2.23. The second-order valence-electron chi connectivity index (χ2n) is 3.12. The Hall–Kier alpha value is -0.0800. The third-order valence-electron chi connectivity index (χ3n) is 2.23. The van der Waals surface area contributed by atoms with Gasteiger partial charge in [-0.15, -0.1) is 0 Å². The van der Waals surface area contributed by atoms with Crippen LogP contribution in [0.3, 0.4) is 0 Å². The fourth-order valence-electron chi connectivity index (χ4n) is 1.42. The fourth-order valence-corrected chi connectivity index (χ4v) is 1.42. The molecule has 2 heteroatoms. The molecular formula is C8H14NO. The minimum absolute atomic E-state index is 1.14. The van der Waals surface area contributed by atoms with Crippen molar-refractivity contribution in [2.45, 2.75) is 32.1 Å². The van der Waals surface area contributed by atoms with Crippen LogP contribution in [0, 0.1) is 6.10 Å². The van der Waals surface area contributed by atoms with Crippen molar-refractivity contribution in [3.63, 3.8) is 0 Å². The summed E-state index contributed by atoms with van der Waals surface area (Å²) in [6, 6.07) is 0. The molecule has 0 bridgehead atoms. The normalized spacial score (nSPS) is 28.8. The van der Waals surface area contributed by atoms with Crippen LogP contribution >= 0.6 is 0 Å². The van der Waals surface area contributed by atoms with E-state index in [9.17, 15) is 0 Å². The van der Waals surface area contributed by atoms with Gasteiger partial charge in [-0.3, -0.25) is 4.84 Å². The highest BCUT2D eigenvalue weighted by molar-refractivity contribution is 4.84. The van der Waals surface area contributed by atoms with Gasteiger partial charge in [-0.1, -0.05) is 12.8 Å². The zero-order valence-corrected chi connectivity index (χ0v) is 6.31. The molecule has 10 heavy (non-hydrogen) atoms. The van der Waals surface area contributed by atoms with Crippen molar-refractivity contribution in [1.29, 1.82) is 0 Å². The van der Waals surface area contributed by atoms with Crippen molar-refractivity contribution in [3.8, 4) is 0 Å². The van der Waals surface area contributed by atoms with Crippen LogP contribution in [0.15, 0.2) is 0 Å². The minimum atomic E-state index is 1.14. The molecule has 0 amide bonds. The number of hydrogen-bond acceptors (Lipinski definition) is 2. The van der Waals surface area contributed by atoms with Crippen molar-refractivity contribution >= 4 is 0 Å². The maximum atomic E-state index is 5.60. The van der Waals surface area contributed by atoms with Gasteiger partial charge in [0.15, 0.2) is 0 Å². The largest absolute Gasteiger partial charge is 0.289 e. The summed E-state index contributed by atoms with van der Waals surface area (Å²) in [5, 5.41) is 2.07. The van der Waals surface area contributed by atoms with Gasteiger partial charge in [0.25, 0.3) is 0 Å². The average Bonchev–Trinajstić information content (AvgIpc) is 2.29. The van der Waals surface area contributed by atoms with Gasteiger partial charge in [0.2, 0.25) is 0 Å². The maximum absolute atomic E-state index is 5.60. The molecule has 0 aromatic heterocycles. The SMILES string of the molecule is C1CC[C](ON2CCC2)C1. The molecule has 2 nitrogen and oxygen atoms in total. The first-order valence-corrected chi connectivity index (χ1v) is 4.23. The Kier molecular flexibility index (Phi) is 1.91. The Morgan fingerprint density at radius 2 is 1.70 bits per heavy atom. The van der Waals surface area contributed by atoms with Crippen LogP contribution in [0.4, 0.5) is 0 Å². The van der Waals surface area contributed by atoms with E-state index in [-0.39, 0.29) is 0 Å². The van der Waals surface area contributed by atoms with Gasteiger partial charge in [0.05, 0.1) is 0 Å². The first kappa shape index (κ1) is 6.62. The summed E-state index contributed by atoms with van der Waals surface area (Å²) < 4.78 is 0. The summed E-state index contributed by atoms with van der Waals surface area (Å²) in [5.41, 5.74) is 0. The third kappa shape index (κ3) is 1.32. The van der Waals surface area contributed by atoms with Crippen LogP contribution in [-0.2, 0) is 4.84 Å². The van der Waals surface area contributed by atoms with Crippen LogP contribution in [-0.4, -0.2) is 18.2 Å². The molecule has 1 aliphatic carbocycles. The van der Waals surface area contributed by atoms with E-state index in [1.807, 2.05) is 0 Å². The fraction of sp³-hybridized carbons (Fsp3) is 0.875. The Labute approximate surface area is 62.1 Å². The molecule has 1 saturated carbocycles. The quantitative estimate of drug-likeness (QED) is 0.579. The third-order valence-corrected chi connectivity index (χ3v) is 2.23. The van der Waals surface area contributed by atoms with Crippen LogP contribution in [0.2, 0.25) is 0 Å². The highest BCUT2D eigenvalue weighted by Crippen LogP contribution is 2.29. The van der Waals surface area contributed by atoms with Gasteiger partial charge in [0.1, 0.15) is 6.10 Å². The van der Waals surface area contributed by atoms with E-state index in [2.05, 4.69) is 5.06 Å². The van der Waals surface area contributed by atoms with Gasteiger partial charge < -0.3 is 0 Å². The molecule has 1 aliphatic heterocycles. The summed E-state index contributed by atoms with van der Waals surface area (Å²) in [4.78, 5) is 5.60. The predicted molar refractivity (Wildman–Crippen MR) is 39.0 cm³/mol. The molecule has 2 aliphatic rings. The van der Waals surface area contributed by atoms with E-state index in [0.29, 0.717) is 0 Å². The smallest absolute Gasteiger partial charge is 0.121 e. The second kappa shape index (κ2) is 2.89. The summed E-state index contributed by atoms with van der Waals surface area (Å²) in [6.07, 6.45) is 7.71. The van der Waals surface area contributed by atoms with Crippen LogP contribution < -0.4 is 0 Å². The molecule has 2 fully saturated rings. The Bertz CT molecular complexity index is 106. The number of rotatable bonds is 2. The standard InChI is InChI=1S/C8H14NO/c1-2-5-8(4-1)10-9-6-3-7-9/h1-7H2. The highest BCUT2D eigenvalue weighted by atomic mass is 16.7. The molecule has 0 spiro atoms. The monoisotopic (exact) mass is 140 g/mol. The first-order chi connectivity index (χ1) is 4.95. The van der Waals surface area contributed by atoms with Crippen molar-refractivity contribution in [1.82, 2.24) is 5.06 Å². The summed E-state index contributed by atoms with van der Waals surface area (Å²) in [5.74, 6) is 0. The molecule has 0 atom stereocenters. The van der Waals surface area contributed by atoms with Gasteiger partial charge in [-0.25, -0.2) is 0 Å². The van der Waals surface area contributed by atoms with Gasteiger partial charge in [-0.05, 0) is 19.3 Å². The molecule has 57 valence electrons. The molecule has 1 saturated heterocycles. The summed E-state index contributed by atoms with van der Waals surface area (Å²) in [6.45, 7) is 2.28. The zero-order valence-electron chi connectivity index (χ0n) is 6.31. The molecule has 1 radical (unpaired) electrons. The lowest BCUT2D eigenvalue weighted by Crippen LogP contribution is -2.37. The topological polar surface area (TPSA) is 12.5 Å². The van der Waals surface area contributed by atoms with Crippen LogP contribution in [0.1, 0.15) is 32.1 Å². The minimum Gasteiger partial charge on any atom is -0.289 e. The van der Waals surface area contributed by atoms with Crippen molar-refractivity contribution < 1.29 is 4.84 Å². The van der Waals surface area contributed by atoms with Crippen molar-refractivity contribution in [2.24, 2.45) is 0 Å². The average molecular weight is 140 g/mol. The second-order valence-corrected chi connectivity index (χ2v) is 3.12. The predicted octanol–water partition coefficient (Wildman–Crippen LogP) is 1.73. The first-order valence-electron chi connectivity index (χ1n) is 4.23. The molecule has 0 aromatic rings. The van der Waals surface area contributed by atoms with Gasteiger partial charge >= 0.3 is 0 Å². The maximum Gasteiger partial charge on any atom is 0.121 e. The Balaban J connectivity index is 1.68. The summed E-state index contributed by atoms with van der Waals surface area (Å²) in [7, 11) is 0. The van der Waals surface area contributed by atoms with E-state index in [4.69, 9.17) is 4.84 Å². The van der Waals surface area contributed by atoms with E-state index in [1.165, 1.54) is 38.2 Å². The lowest BCUT2D eigenvalue weighted by molar-refractivity contribution is -0.190. The van der Waals surface area contributed by atoms with Gasteiger partial charge in [-0.2, -0.15) is 5.06 Å². The van der Waals surface area contributed by atoms with E-state index < -0.39 is 0 Å². The Morgan fingerprint density at radius 1 is 1.00 bits per heavy atom. The molecule has 1 heterocycles. The van der Waals surface area contributed by atoms with E-state index in [1.54, 1.807) is 0 Å². The molecular weight excluding hydrogens is 126 g/mol. The molecule has 0 N–H and O–H groups in total. The summed E-state index contributed by atoms with van der Waals surface area (Å²) >= 11 is 0. The van der Waals surface area contributed by atoms with Crippen molar-refractivity contribution in [3.05, 3.63) is 6.10 Å². The van der Waals surface area contributed by atoms with Crippen LogP contribution in [0.25, 0.3) is 0 Å². The number of nitrogens with zero attached hydrogens (tertiary/aromatic N) is 1. The number of hydrogen-bond donors (Lipinski definition) is 0. The molecule has 0 aromatic carbocycles. The van der Waals surface area contributed by atoms with Crippen molar-refractivity contribution in [2.75, 3.05) is 13.1 Å². The lowest BCUT2D eigenvalue weighted by Gasteiger charge is -2.31. The number of hydroxylamine groups is 2. The van der Waals surface area contributed by atoms with Crippen LogP contribution in [0.5, 0.6) is 0 Å². The molecule has 0 unspecified atom stereocenters. The van der Waals surface area contributed by atoms with E-state index in [0.717, 1.165) is 13.1 Å².